The second-order valence-electron chi connectivity index (χ2n) is 5.83. The Morgan fingerprint density at radius 3 is 2.88 bits per heavy atom. The Labute approximate surface area is 143 Å². The molecule has 1 amide bonds. The van der Waals surface area contributed by atoms with Crippen molar-refractivity contribution in [2.24, 2.45) is 0 Å². The van der Waals surface area contributed by atoms with Crippen LogP contribution in [0.2, 0.25) is 0 Å². The molecule has 4 heterocycles. The van der Waals surface area contributed by atoms with Crippen molar-refractivity contribution >= 4 is 6.41 Å². The number of hydrogen-bond donors (Lipinski definition) is 2. The summed E-state index contributed by atoms with van der Waals surface area (Å²) in [7, 11) is 0. The lowest BCUT2D eigenvalue weighted by atomic mass is 10.0. The Morgan fingerprint density at radius 1 is 1.52 bits per heavy atom. The first-order valence-corrected chi connectivity index (χ1v) is 7.81. The summed E-state index contributed by atoms with van der Waals surface area (Å²) in [5.74, 6) is 1.33. The van der Waals surface area contributed by atoms with Crippen LogP contribution in [0.3, 0.4) is 0 Å². The van der Waals surface area contributed by atoms with Crippen LogP contribution >= 0.6 is 0 Å². The van der Waals surface area contributed by atoms with Crippen LogP contribution in [-0.4, -0.2) is 55.4 Å². The van der Waals surface area contributed by atoms with Gasteiger partial charge in [-0.15, -0.1) is 0 Å². The number of aromatic nitrogens is 4. The molecule has 2 atom stereocenters. The van der Waals surface area contributed by atoms with E-state index in [9.17, 15) is 4.79 Å². The molecule has 4 rings (SSSR count). The zero-order valence-corrected chi connectivity index (χ0v) is 13.9. The lowest BCUT2D eigenvalue weighted by Crippen LogP contribution is -2.57. The number of aliphatic hydroxyl groups is 1. The molecule has 132 valence electrons. The molecule has 1 aliphatic rings. The third kappa shape index (κ3) is 3.94. The predicted molar refractivity (Wildman–Crippen MR) is 86.4 cm³/mol. The van der Waals surface area contributed by atoms with E-state index in [2.05, 4.69) is 20.3 Å². The van der Waals surface area contributed by atoms with Gasteiger partial charge in [0.15, 0.2) is 0 Å². The van der Waals surface area contributed by atoms with E-state index in [1.807, 2.05) is 19.9 Å². The molecular formula is C16H19N5O4. The van der Waals surface area contributed by atoms with Crippen LogP contribution in [0.5, 0.6) is 0 Å². The number of aryl methyl sites for hydroxylation is 1. The lowest BCUT2D eigenvalue weighted by Gasteiger charge is -2.40. The summed E-state index contributed by atoms with van der Waals surface area (Å²) in [5.41, 5.74) is 2.50. The molecule has 0 aromatic carbocycles. The highest BCUT2D eigenvalue weighted by atomic mass is 16.5. The highest BCUT2D eigenvalue weighted by Crippen LogP contribution is 2.19. The Bertz CT molecular complexity index is 810. The van der Waals surface area contributed by atoms with Gasteiger partial charge >= 0.3 is 0 Å². The van der Waals surface area contributed by atoms with Gasteiger partial charge in [0.1, 0.15) is 17.7 Å². The molecule has 2 unspecified atom stereocenters. The molecule has 0 radical (unpaired) electrons. The van der Waals surface area contributed by atoms with Crippen LogP contribution < -0.4 is 0 Å². The molecule has 0 spiro atoms. The molecule has 0 aliphatic carbocycles. The Morgan fingerprint density at radius 2 is 2.36 bits per heavy atom. The van der Waals surface area contributed by atoms with Gasteiger partial charge in [0.25, 0.3) is 0 Å². The minimum Gasteiger partial charge on any atom is -0.448 e. The van der Waals surface area contributed by atoms with Crippen LogP contribution in [0.25, 0.3) is 11.3 Å². The van der Waals surface area contributed by atoms with Crippen LogP contribution in [-0.2, 0) is 11.2 Å². The van der Waals surface area contributed by atoms with Crippen LogP contribution in [0, 0.1) is 6.92 Å². The largest absolute Gasteiger partial charge is 0.448 e. The summed E-state index contributed by atoms with van der Waals surface area (Å²) in [5, 5.41) is 19.4. The average Bonchev–Trinajstić information content (AvgIpc) is 3.35. The van der Waals surface area contributed by atoms with Gasteiger partial charge in [-0.3, -0.25) is 9.89 Å². The third-order valence-electron chi connectivity index (χ3n) is 3.96. The fraction of sp³-hybridized carbons (Fsp3) is 0.375. The average molecular weight is 345 g/mol. The predicted octanol–water partition coefficient (Wildman–Crippen LogP) is 1.16. The number of carbonyl (C=O) groups excluding carboxylic acids is 1. The molecule has 1 saturated heterocycles. The second kappa shape index (κ2) is 7.31. The molecule has 3 aromatic rings. The first kappa shape index (κ1) is 16.9. The number of oxazole rings is 1. The maximum absolute atomic E-state index is 9.96. The Balaban J connectivity index is 0.000000192. The van der Waals surface area contributed by atoms with Gasteiger partial charge in [0.05, 0.1) is 30.5 Å². The van der Waals surface area contributed by atoms with Crippen molar-refractivity contribution in [2.45, 2.75) is 32.4 Å². The van der Waals surface area contributed by atoms with Crippen LogP contribution in [0.15, 0.2) is 33.7 Å². The summed E-state index contributed by atoms with van der Waals surface area (Å²) < 4.78 is 10.5. The van der Waals surface area contributed by atoms with Gasteiger partial charge in [-0.25, -0.2) is 4.98 Å². The number of nitrogens with zero attached hydrogens (tertiary/aromatic N) is 4. The smallest absolute Gasteiger partial charge is 0.210 e. The normalized spacial score (nSPS) is 19.1. The van der Waals surface area contributed by atoms with Gasteiger partial charge in [-0.05, 0) is 13.8 Å². The molecule has 3 aromatic heterocycles. The maximum Gasteiger partial charge on any atom is 0.210 e. The number of β-amino-alcohol motifs (C(OH)–C–C–N with tert-alkyl or cyclic N) is 1. The first-order chi connectivity index (χ1) is 12.1. The number of hydrogen-bond acceptors (Lipinski definition) is 7. The second-order valence-corrected chi connectivity index (χ2v) is 5.83. The zero-order chi connectivity index (χ0) is 17.8. The van der Waals surface area contributed by atoms with Crippen molar-refractivity contribution in [1.82, 2.24) is 25.2 Å². The van der Waals surface area contributed by atoms with Gasteiger partial charge < -0.3 is 18.9 Å². The minimum absolute atomic E-state index is 0.0347. The van der Waals surface area contributed by atoms with Crippen molar-refractivity contribution in [3.63, 3.8) is 0 Å². The zero-order valence-electron chi connectivity index (χ0n) is 13.9. The first-order valence-electron chi connectivity index (χ1n) is 7.81. The summed E-state index contributed by atoms with van der Waals surface area (Å²) in [6, 6.07) is 1.89. The van der Waals surface area contributed by atoms with Gasteiger partial charge in [0, 0.05) is 24.4 Å². The summed E-state index contributed by atoms with van der Waals surface area (Å²) in [6.07, 6.45) is 6.03. The SMILES string of the molecule is CC1C(O)CN1C=O.Cc1coc(Cc2cc(-c3cn[nH]c3)no2)n1. The number of likely N-dealkylation sites (tertiary alicyclic amines) is 1. The van der Waals surface area contributed by atoms with Gasteiger partial charge in [-0.2, -0.15) is 5.10 Å². The van der Waals surface area contributed by atoms with Gasteiger partial charge in [-0.1, -0.05) is 5.16 Å². The third-order valence-corrected chi connectivity index (χ3v) is 3.96. The quantitative estimate of drug-likeness (QED) is 0.680. The number of H-pyrrole nitrogens is 1. The number of aliphatic hydroxyl groups excluding tert-OH is 1. The Kier molecular flexibility index (Phi) is 4.94. The van der Waals surface area contributed by atoms with Crippen LogP contribution in [0.1, 0.15) is 24.3 Å². The summed E-state index contributed by atoms with van der Waals surface area (Å²) in [6.45, 7) is 4.21. The van der Waals surface area contributed by atoms with Crippen molar-refractivity contribution in [3.8, 4) is 11.3 Å². The van der Waals surface area contributed by atoms with E-state index in [-0.39, 0.29) is 12.1 Å². The fourth-order valence-corrected chi connectivity index (χ4v) is 2.31. The number of nitrogens with one attached hydrogen (secondary N) is 1. The molecule has 0 saturated carbocycles. The van der Waals surface area contributed by atoms with E-state index in [0.717, 1.165) is 23.4 Å². The van der Waals surface area contributed by atoms with E-state index in [0.29, 0.717) is 24.6 Å². The van der Waals surface area contributed by atoms with Crippen molar-refractivity contribution < 1.29 is 18.8 Å². The maximum atomic E-state index is 9.96. The van der Waals surface area contributed by atoms with Gasteiger partial charge in [0.2, 0.25) is 12.3 Å². The van der Waals surface area contributed by atoms with E-state index in [1.165, 1.54) is 0 Å². The fourth-order valence-electron chi connectivity index (χ4n) is 2.31. The lowest BCUT2D eigenvalue weighted by molar-refractivity contribution is -0.134. The monoisotopic (exact) mass is 345 g/mol. The van der Waals surface area contributed by atoms with Crippen molar-refractivity contribution in [3.05, 3.63) is 42.1 Å². The van der Waals surface area contributed by atoms with Crippen molar-refractivity contribution in [2.75, 3.05) is 6.54 Å². The number of rotatable bonds is 4. The molecular weight excluding hydrogens is 326 g/mol. The Hall–Kier alpha value is -2.94. The highest BCUT2D eigenvalue weighted by molar-refractivity contribution is 5.56. The number of aromatic amines is 1. The number of carbonyl (C=O) groups is 1. The summed E-state index contributed by atoms with van der Waals surface area (Å²) >= 11 is 0. The van der Waals surface area contributed by atoms with Crippen LogP contribution in [0.4, 0.5) is 0 Å². The topological polar surface area (TPSA) is 121 Å². The van der Waals surface area contributed by atoms with Crippen molar-refractivity contribution in [1.29, 1.82) is 0 Å². The standard InChI is InChI=1S/C11H10N4O2.C5H9NO2/c1-7-6-16-11(14-7)3-9-2-10(15-17-9)8-4-12-13-5-8;1-4-5(8)2-6(4)3-7/h2,4-6H,3H2,1H3,(H,12,13);3-5,8H,2H2,1H3. The van der Waals surface area contributed by atoms with E-state index in [4.69, 9.17) is 14.0 Å². The van der Waals surface area contributed by atoms with E-state index >= 15 is 0 Å². The molecule has 9 heteroatoms. The highest BCUT2D eigenvalue weighted by Gasteiger charge is 2.31. The minimum atomic E-state index is -0.291. The molecule has 2 N–H and O–H groups in total. The summed E-state index contributed by atoms with van der Waals surface area (Å²) in [4.78, 5) is 15.7. The van der Waals surface area contributed by atoms with E-state index in [1.54, 1.807) is 23.6 Å². The molecule has 1 fully saturated rings. The molecule has 25 heavy (non-hydrogen) atoms. The molecule has 0 bridgehead atoms. The molecule has 1 aliphatic heterocycles. The van der Waals surface area contributed by atoms with E-state index < -0.39 is 0 Å². The number of amides is 1. The molecule has 9 nitrogen and oxygen atoms in total.